The highest BCUT2D eigenvalue weighted by atomic mass is 32.1. The Hall–Kier alpha value is -0.260. The van der Waals surface area contributed by atoms with Crippen LogP contribution in [0.15, 0.2) is 0 Å². The van der Waals surface area contributed by atoms with Crippen LogP contribution in [0.2, 0.25) is 0 Å². The van der Waals surface area contributed by atoms with E-state index in [9.17, 15) is 4.79 Å². The molecule has 0 bridgehead atoms. The normalized spacial score (nSPS) is 24.9. The van der Waals surface area contributed by atoms with Gasteiger partial charge in [-0.1, -0.05) is 6.92 Å². The predicted molar refractivity (Wildman–Crippen MR) is 63.3 cm³/mol. The maximum atomic E-state index is 11.3. The van der Waals surface area contributed by atoms with E-state index in [0.717, 1.165) is 26.2 Å². The van der Waals surface area contributed by atoms with Crippen LogP contribution in [0.4, 0.5) is 0 Å². The Morgan fingerprint density at radius 2 is 2.47 bits per heavy atom. The van der Waals surface area contributed by atoms with E-state index < -0.39 is 0 Å². The Bertz CT molecular complexity index is 212. The fourth-order valence-electron chi connectivity index (χ4n) is 1.55. The quantitative estimate of drug-likeness (QED) is 0.678. The minimum absolute atomic E-state index is 0.0319. The van der Waals surface area contributed by atoms with Gasteiger partial charge in [-0.3, -0.25) is 9.69 Å². The first kappa shape index (κ1) is 12.8. The average Bonchev–Trinajstić information content (AvgIpc) is 2.26. The van der Waals surface area contributed by atoms with Gasteiger partial charge in [0.15, 0.2) is 0 Å². The second kappa shape index (κ2) is 6.35. The lowest BCUT2D eigenvalue weighted by Gasteiger charge is -2.32. The molecule has 1 amide bonds. The highest BCUT2D eigenvalue weighted by molar-refractivity contribution is 7.81. The molecule has 0 radical (unpaired) electrons. The number of rotatable bonds is 4. The molecule has 1 fully saturated rings. The van der Waals surface area contributed by atoms with Crippen molar-refractivity contribution in [2.24, 2.45) is 0 Å². The monoisotopic (exact) mass is 232 g/mol. The minimum atomic E-state index is -0.254. The standard InChI is InChI=1S/C10H20N2O2S/c1-3-12-4-5-14-9(7-12)6-11-10(13)8(2)15/h8-9,15H,3-7H2,1-2H3,(H,11,13). The Balaban J connectivity index is 2.23. The van der Waals surface area contributed by atoms with E-state index in [4.69, 9.17) is 4.74 Å². The van der Waals surface area contributed by atoms with Crippen molar-refractivity contribution in [3.63, 3.8) is 0 Å². The summed E-state index contributed by atoms with van der Waals surface area (Å²) in [6.07, 6.45) is 0.120. The van der Waals surface area contributed by atoms with Crippen LogP contribution in [0.3, 0.4) is 0 Å². The highest BCUT2D eigenvalue weighted by Gasteiger charge is 2.20. The van der Waals surface area contributed by atoms with E-state index in [2.05, 4.69) is 29.8 Å². The Kier molecular flexibility index (Phi) is 5.42. The van der Waals surface area contributed by atoms with Crippen molar-refractivity contribution in [1.29, 1.82) is 0 Å². The van der Waals surface area contributed by atoms with Crippen LogP contribution in [-0.4, -0.2) is 54.9 Å². The largest absolute Gasteiger partial charge is 0.374 e. The Morgan fingerprint density at radius 3 is 3.07 bits per heavy atom. The third kappa shape index (κ3) is 4.40. The van der Waals surface area contributed by atoms with Gasteiger partial charge < -0.3 is 10.1 Å². The smallest absolute Gasteiger partial charge is 0.232 e. The van der Waals surface area contributed by atoms with Crippen molar-refractivity contribution in [1.82, 2.24) is 10.2 Å². The molecule has 1 saturated heterocycles. The number of thiol groups is 1. The maximum Gasteiger partial charge on any atom is 0.232 e. The van der Waals surface area contributed by atoms with E-state index in [1.54, 1.807) is 6.92 Å². The van der Waals surface area contributed by atoms with Gasteiger partial charge in [-0.2, -0.15) is 12.6 Å². The van der Waals surface area contributed by atoms with Gasteiger partial charge in [0, 0.05) is 19.6 Å². The summed E-state index contributed by atoms with van der Waals surface area (Å²) in [6, 6.07) is 0. The Morgan fingerprint density at radius 1 is 1.73 bits per heavy atom. The molecule has 0 aromatic heterocycles. The molecular weight excluding hydrogens is 212 g/mol. The van der Waals surface area contributed by atoms with Gasteiger partial charge in [-0.15, -0.1) is 0 Å². The summed E-state index contributed by atoms with van der Waals surface area (Å²) in [5.74, 6) is -0.0319. The first-order valence-electron chi connectivity index (χ1n) is 5.43. The molecule has 0 aliphatic carbocycles. The molecule has 15 heavy (non-hydrogen) atoms. The highest BCUT2D eigenvalue weighted by Crippen LogP contribution is 2.04. The number of nitrogens with one attached hydrogen (secondary N) is 1. The average molecular weight is 232 g/mol. The van der Waals surface area contributed by atoms with E-state index in [1.807, 2.05) is 0 Å². The van der Waals surface area contributed by atoms with Gasteiger partial charge in [-0.05, 0) is 13.5 Å². The maximum absolute atomic E-state index is 11.3. The van der Waals surface area contributed by atoms with Crippen molar-refractivity contribution in [3.8, 4) is 0 Å². The fourth-order valence-corrected chi connectivity index (χ4v) is 1.64. The molecule has 5 heteroatoms. The number of morpholine rings is 1. The van der Waals surface area contributed by atoms with E-state index in [-0.39, 0.29) is 17.3 Å². The molecule has 2 unspecified atom stereocenters. The zero-order valence-corrected chi connectivity index (χ0v) is 10.3. The summed E-state index contributed by atoms with van der Waals surface area (Å²) in [4.78, 5) is 13.6. The SMILES string of the molecule is CCN1CCOC(CNC(=O)C(C)S)C1. The van der Waals surface area contributed by atoms with Crippen molar-refractivity contribution in [2.75, 3.05) is 32.8 Å². The van der Waals surface area contributed by atoms with Crippen LogP contribution < -0.4 is 5.32 Å². The van der Waals surface area contributed by atoms with E-state index in [1.165, 1.54) is 0 Å². The first-order valence-corrected chi connectivity index (χ1v) is 5.94. The number of carbonyl (C=O) groups is 1. The van der Waals surface area contributed by atoms with Crippen molar-refractivity contribution in [2.45, 2.75) is 25.2 Å². The lowest BCUT2D eigenvalue weighted by atomic mass is 10.2. The van der Waals surface area contributed by atoms with Crippen LogP contribution in [0, 0.1) is 0 Å². The summed E-state index contributed by atoms with van der Waals surface area (Å²) < 4.78 is 5.56. The van der Waals surface area contributed by atoms with Crippen LogP contribution >= 0.6 is 12.6 Å². The van der Waals surface area contributed by atoms with Crippen molar-refractivity contribution < 1.29 is 9.53 Å². The zero-order chi connectivity index (χ0) is 11.3. The van der Waals surface area contributed by atoms with Crippen molar-refractivity contribution >= 4 is 18.5 Å². The molecule has 88 valence electrons. The number of hydrogen-bond donors (Lipinski definition) is 2. The number of ether oxygens (including phenoxy) is 1. The number of nitrogens with zero attached hydrogens (tertiary/aromatic N) is 1. The molecule has 1 heterocycles. The van der Waals surface area contributed by atoms with Gasteiger partial charge in [0.1, 0.15) is 0 Å². The molecule has 0 saturated carbocycles. The number of carbonyl (C=O) groups excluding carboxylic acids is 1. The number of likely N-dealkylation sites (N-methyl/N-ethyl adjacent to an activating group) is 1. The van der Waals surface area contributed by atoms with Crippen LogP contribution in [0.1, 0.15) is 13.8 Å². The minimum Gasteiger partial charge on any atom is -0.374 e. The predicted octanol–water partition coefficient (Wildman–Crippen LogP) is 0.142. The summed E-state index contributed by atoms with van der Waals surface area (Å²) >= 11 is 4.06. The summed E-state index contributed by atoms with van der Waals surface area (Å²) in [5, 5.41) is 2.58. The van der Waals surface area contributed by atoms with Crippen molar-refractivity contribution in [3.05, 3.63) is 0 Å². The van der Waals surface area contributed by atoms with Crippen LogP contribution in [-0.2, 0) is 9.53 Å². The van der Waals surface area contributed by atoms with Gasteiger partial charge in [-0.25, -0.2) is 0 Å². The molecule has 1 N–H and O–H groups in total. The lowest BCUT2D eigenvalue weighted by molar-refractivity contribution is -0.121. The molecule has 0 spiro atoms. The summed E-state index contributed by atoms with van der Waals surface area (Å²) in [6.45, 7) is 8.17. The van der Waals surface area contributed by atoms with Crippen LogP contribution in [0.5, 0.6) is 0 Å². The topological polar surface area (TPSA) is 41.6 Å². The number of hydrogen-bond acceptors (Lipinski definition) is 4. The molecule has 2 atom stereocenters. The third-order valence-corrected chi connectivity index (χ3v) is 2.79. The van der Waals surface area contributed by atoms with E-state index in [0.29, 0.717) is 6.54 Å². The second-order valence-electron chi connectivity index (χ2n) is 3.81. The van der Waals surface area contributed by atoms with E-state index >= 15 is 0 Å². The lowest BCUT2D eigenvalue weighted by Crippen LogP contribution is -2.48. The van der Waals surface area contributed by atoms with Gasteiger partial charge in [0.05, 0.1) is 18.0 Å². The first-order chi connectivity index (χ1) is 7.13. The van der Waals surface area contributed by atoms with Gasteiger partial charge in [0.25, 0.3) is 0 Å². The molecule has 1 rings (SSSR count). The van der Waals surface area contributed by atoms with Gasteiger partial charge >= 0.3 is 0 Å². The fraction of sp³-hybridized carbons (Fsp3) is 0.900. The Labute approximate surface area is 96.8 Å². The molecular formula is C10H20N2O2S. The summed E-state index contributed by atoms with van der Waals surface area (Å²) in [5.41, 5.74) is 0. The molecule has 0 aromatic rings. The zero-order valence-electron chi connectivity index (χ0n) is 9.40. The van der Waals surface area contributed by atoms with Gasteiger partial charge in [0.2, 0.25) is 5.91 Å². The third-order valence-electron chi connectivity index (χ3n) is 2.55. The molecule has 0 aromatic carbocycles. The number of amides is 1. The molecule has 1 aliphatic heterocycles. The molecule has 4 nitrogen and oxygen atoms in total. The van der Waals surface area contributed by atoms with Crippen LogP contribution in [0.25, 0.3) is 0 Å². The molecule has 1 aliphatic rings. The second-order valence-corrected chi connectivity index (χ2v) is 4.58. The summed E-state index contributed by atoms with van der Waals surface area (Å²) in [7, 11) is 0.